The van der Waals surface area contributed by atoms with E-state index in [1.165, 1.54) is 21.3 Å². The third-order valence-corrected chi connectivity index (χ3v) is 2.66. The number of aromatic nitrogens is 1. The maximum absolute atomic E-state index is 11.7. The van der Waals surface area contributed by atoms with Gasteiger partial charge < -0.3 is 19.2 Å². The van der Waals surface area contributed by atoms with Gasteiger partial charge in [-0.25, -0.2) is 9.59 Å². The lowest BCUT2D eigenvalue weighted by Gasteiger charge is -2.02. The van der Waals surface area contributed by atoms with Gasteiger partial charge in [-0.2, -0.15) is 0 Å². The van der Waals surface area contributed by atoms with Crippen molar-refractivity contribution < 1.29 is 28.6 Å². The number of esters is 3. The summed E-state index contributed by atoms with van der Waals surface area (Å²) in [6.45, 7) is 1.57. The Morgan fingerprint density at radius 3 is 2.05 bits per heavy atom. The molecule has 0 fully saturated rings. The minimum absolute atomic E-state index is 0.113. The van der Waals surface area contributed by atoms with E-state index in [0.29, 0.717) is 5.56 Å². The number of rotatable bonds is 4. The van der Waals surface area contributed by atoms with Crippen LogP contribution >= 0.6 is 0 Å². The highest BCUT2D eigenvalue weighted by Gasteiger charge is 2.26. The fourth-order valence-electron chi connectivity index (χ4n) is 1.69. The Bertz CT molecular complexity index is 517. The van der Waals surface area contributed by atoms with Crippen LogP contribution in [0.15, 0.2) is 0 Å². The van der Waals surface area contributed by atoms with Crippen molar-refractivity contribution >= 4 is 17.9 Å². The van der Waals surface area contributed by atoms with Crippen LogP contribution in [0.1, 0.15) is 32.1 Å². The quantitative estimate of drug-likeness (QED) is 0.635. The molecule has 0 aliphatic carbocycles. The Labute approximate surface area is 109 Å². The average molecular weight is 269 g/mol. The molecule has 0 aromatic carbocycles. The van der Waals surface area contributed by atoms with Gasteiger partial charge in [0.05, 0.1) is 33.3 Å². The van der Waals surface area contributed by atoms with E-state index in [9.17, 15) is 14.4 Å². The lowest BCUT2D eigenvalue weighted by Crippen LogP contribution is -2.11. The van der Waals surface area contributed by atoms with E-state index in [2.05, 4.69) is 19.2 Å². The van der Waals surface area contributed by atoms with Gasteiger partial charge in [0.15, 0.2) is 0 Å². The van der Waals surface area contributed by atoms with Crippen molar-refractivity contribution in [2.24, 2.45) is 0 Å². The maximum Gasteiger partial charge on any atom is 0.354 e. The van der Waals surface area contributed by atoms with E-state index in [0.717, 1.165) is 0 Å². The van der Waals surface area contributed by atoms with E-state index in [-0.39, 0.29) is 23.4 Å². The molecule has 1 N–H and O–H groups in total. The summed E-state index contributed by atoms with van der Waals surface area (Å²) < 4.78 is 13.8. The Hall–Kier alpha value is -2.31. The zero-order valence-electron chi connectivity index (χ0n) is 11.2. The van der Waals surface area contributed by atoms with Crippen molar-refractivity contribution in [1.29, 1.82) is 0 Å². The fourth-order valence-corrected chi connectivity index (χ4v) is 1.69. The second-order valence-electron chi connectivity index (χ2n) is 3.71. The molecule has 0 radical (unpaired) electrons. The summed E-state index contributed by atoms with van der Waals surface area (Å²) in [6, 6.07) is 0. The molecule has 0 aliphatic rings. The van der Waals surface area contributed by atoms with Crippen molar-refractivity contribution in [3.05, 3.63) is 22.5 Å². The molecule has 19 heavy (non-hydrogen) atoms. The van der Waals surface area contributed by atoms with E-state index in [1.54, 1.807) is 6.92 Å². The second kappa shape index (κ2) is 6.03. The highest BCUT2D eigenvalue weighted by Crippen LogP contribution is 2.21. The van der Waals surface area contributed by atoms with Crippen LogP contribution in [-0.4, -0.2) is 44.2 Å². The number of ether oxygens (including phenoxy) is 3. The lowest BCUT2D eigenvalue weighted by atomic mass is 10.1. The summed E-state index contributed by atoms with van der Waals surface area (Å²) in [5.41, 5.74) is 0.893. The summed E-state index contributed by atoms with van der Waals surface area (Å²) in [7, 11) is 3.67. The fraction of sp³-hybridized carbons (Fsp3) is 0.417. The standard InChI is InChI=1S/C12H15NO6/c1-6-9(11(15)18-3)7(5-8(14)17-2)13-10(6)12(16)19-4/h13H,5H2,1-4H3. The van der Waals surface area contributed by atoms with Crippen LogP contribution in [0.2, 0.25) is 0 Å². The van der Waals surface area contributed by atoms with Crippen LogP contribution in [0.25, 0.3) is 0 Å². The van der Waals surface area contributed by atoms with E-state index in [1.807, 2.05) is 0 Å². The molecule has 0 saturated carbocycles. The molecule has 7 heteroatoms. The Morgan fingerprint density at radius 2 is 1.58 bits per heavy atom. The largest absolute Gasteiger partial charge is 0.469 e. The van der Waals surface area contributed by atoms with Crippen molar-refractivity contribution in [3.8, 4) is 0 Å². The SMILES string of the molecule is COC(=O)Cc1[nH]c(C(=O)OC)c(C)c1C(=O)OC. The number of carbonyl (C=O) groups excluding carboxylic acids is 3. The van der Waals surface area contributed by atoms with Crippen LogP contribution in [0, 0.1) is 6.92 Å². The topological polar surface area (TPSA) is 94.7 Å². The molecule has 0 spiro atoms. The van der Waals surface area contributed by atoms with Crippen LogP contribution in [-0.2, 0) is 25.4 Å². The van der Waals surface area contributed by atoms with Gasteiger partial charge in [0.25, 0.3) is 0 Å². The van der Waals surface area contributed by atoms with Gasteiger partial charge in [0, 0.05) is 5.69 Å². The first-order valence-electron chi connectivity index (χ1n) is 5.41. The Balaban J connectivity index is 3.31. The van der Waals surface area contributed by atoms with E-state index >= 15 is 0 Å². The van der Waals surface area contributed by atoms with Crippen molar-refractivity contribution in [2.75, 3.05) is 21.3 Å². The first kappa shape index (κ1) is 14.7. The number of methoxy groups -OCH3 is 3. The molecule has 0 atom stereocenters. The first-order chi connectivity index (χ1) is 8.96. The summed E-state index contributed by atoms with van der Waals surface area (Å²) in [5, 5.41) is 0. The highest BCUT2D eigenvalue weighted by atomic mass is 16.5. The van der Waals surface area contributed by atoms with Crippen LogP contribution in [0.4, 0.5) is 0 Å². The average Bonchev–Trinajstić information content (AvgIpc) is 2.73. The number of carbonyl (C=O) groups is 3. The van der Waals surface area contributed by atoms with Crippen molar-refractivity contribution in [1.82, 2.24) is 4.98 Å². The van der Waals surface area contributed by atoms with Gasteiger partial charge in [-0.05, 0) is 12.5 Å². The second-order valence-corrected chi connectivity index (χ2v) is 3.71. The molecule has 1 aromatic rings. The predicted octanol–water partition coefficient (Wildman–Crippen LogP) is 0.612. The van der Waals surface area contributed by atoms with Gasteiger partial charge in [-0.1, -0.05) is 0 Å². The highest BCUT2D eigenvalue weighted by molar-refractivity contribution is 5.99. The summed E-state index contributed by atoms with van der Waals surface area (Å²) in [6.07, 6.45) is -0.168. The molecule has 104 valence electrons. The van der Waals surface area contributed by atoms with Crippen molar-refractivity contribution in [2.45, 2.75) is 13.3 Å². The van der Waals surface area contributed by atoms with Gasteiger partial charge in [-0.3, -0.25) is 4.79 Å². The first-order valence-corrected chi connectivity index (χ1v) is 5.41. The number of hydrogen-bond acceptors (Lipinski definition) is 6. The van der Waals surface area contributed by atoms with Gasteiger partial charge in [0.1, 0.15) is 5.69 Å². The molecule has 0 amide bonds. The molecule has 7 nitrogen and oxygen atoms in total. The molecule has 1 aromatic heterocycles. The maximum atomic E-state index is 11.7. The molecule has 0 saturated heterocycles. The third kappa shape index (κ3) is 2.93. The van der Waals surface area contributed by atoms with E-state index < -0.39 is 17.9 Å². The normalized spacial score (nSPS) is 9.89. The molecule has 0 aliphatic heterocycles. The van der Waals surface area contributed by atoms with Crippen molar-refractivity contribution in [3.63, 3.8) is 0 Å². The van der Waals surface area contributed by atoms with Crippen LogP contribution in [0.3, 0.4) is 0 Å². The number of aromatic amines is 1. The summed E-state index contributed by atoms with van der Waals surface area (Å²) in [4.78, 5) is 37.2. The Morgan fingerprint density at radius 1 is 1.00 bits per heavy atom. The Kier molecular flexibility index (Phi) is 4.68. The van der Waals surface area contributed by atoms with Gasteiger partial charge in [0.2, 0.25) is 0 Å². The molecule has 1 rings (SSSR count). The summed E-state index contributed by atoms with van der Waals surface area (Å²) in [5.74, 6) is -1.80. The molecule has 0 unspecified atom stereocenters. The number of hydrogen-bond donors (Lipinski definition) is 1. The zero-order chi connectivity index (χ0) is 14.6. The van der Waals surface area contributed by atoms with Crippen LogP contribution < -0.4 is 0 Å². The predicted molar refractivity (Wildman–Crippen MR) is 63.9 cm³/mol. The minimum Gasteiger partial charge on any atom is -0.469 e. The van der Waals surface area contributed by atoms with E-state index in [4.69, 9.17) is 0 Å². The number of nitrogens with one attached hydrogen (secondary N) is 1. The molecule has 0 bridgehead atoms. The zero-order valence-corrected chi connectivity index (χ0v) is 11.2. The van der Waals surface area contributed by atoms with Gasteiger partial charge in [-0.15, -0.1) is 0 Å². The monoisotopic (exact) mass is 269 g/mol. The number of H-pyrrole nitrogens is 1. The lowest BCUT2D eigenvalue weighted by molar-refractivity contribution is -0.139. The third-order valence-electron chi connectivity index (χ3n) is 2.66. The molecular formula is C12H15NO6. The summed E-state index contributed by atoms with van der Waals surface area (Å²) >= 11 is 0. The molecular weight excluding hydrogens is 254 g/mol. The molecule has 1 heterocycles. The van der Waals surface area contributed by atoms with Crippen LogP contribution in [0.5, 0.6) is 0 Å². The minimum atomic E-state index is -0.636. The smallest absolute Gasteiger partial charge is 0.354 e. The van der Waals surface area contributed by atoms with Gasteiger partial charge >= 0.3 is 17.9 Å².